The van der Waals surface area contributed by atoms with Crippen LogP contribution in [0.25, 0.3) is 0 Å². The third kappa shape index (κ3) is 1.32. The van der Waals surface area contributed by atoms with E-state index >= 15 is 0 Å². The van der Waals surface area contributed by atoms with Gasteiger partial charge in [-0.05, 0) is 18.1 Å². The van der Waals surface area contributed by atoms with Crippen LogP contribution in [0.15, 0.2) is 24.3 Å². The van der Waals surface area contributed by atoms with E-state index in [1.807, 2.05) is 0 Å². The third-order valence-electron chi connectivity index (χ3n) is 2.70. The minimum atomic E-state index is 0.399. The SMILES string of the molecule is CC1c2ccccc2CN1CC#N. The molecule has 1 atom stereocenters. The molecule has 1 unspecified atom stereocenters. The summed E-state index contributed by atoms with van der Waals surface area (Å²) in [6.07, 6.45) is 0. The Kier molecular flexibility index (Phi) is 2.03. The molecule has 66 valence electrons. The van der Waals surface area contributed by atoms with Gasteiger partial charge in [0.15, 0.2) is 0 Å². The zero-order valence-corrected chi connectivity index (χ0v) is 7.70. The van der Waals surface area contributed by atoms with E-state index < -0.39 is 0 Å². The number of nitriles is 1. The first-order chi connectivity index (χ1) is 6.33. The molecular weight excluding hydrogens is 160 g/mol. The van der Waals surface area contributed by atoms with Crippen molar-refractivity contribution >= 4 is 0 Å². The number of fused-ring (bicyclic) bond motifs is 1. The number of benzene rings is 1. The van der Waals surface area contributed by atoms with Crippen molar-refractivity contribution in [3.05, 3.63) is 35.4 Å². The van der Waals surface area contributed by atoms with Crippen LogP contribution in [0.4, 0.5) is 0 Å². The maximum absolute atomic E-state index is 8.63. The molecule has 0 N–H and O–H groups in total. The van der Waals surface area contributed by atoms with Gasteiger partial charge in [-0.2, -0.15) is 5.26 Å². The van der Waals surface area contributed by atoms with Gasteiger partial charge in [0.25, 0.3) is 0 Å². The molecule has 0 aliphatic carbocycles. The zero-order chi connectivity index (χ0) is 9.26. The van der Waals surface area contributed by atoms with E-state index in [0.29, 0.717) is 12.6 Å². The van der Waals surface area contributed by atoms with E-state index in [-0.39, 0.29) is 0 Å². The van der Waals surface area contributed by atoms with Crippen LogP contribution in [0, 0.1) is 11.3 Å². The number of hydrogen-bond donors (Lipinski definition) is 0. The van der Waals surface area contributed by atoms with Gasteiger partial charge < -0.3 is 0 Å². The fourth-order valence-corrected chi connectivity index (χ4v) is 1.92. The molecule has 1 aliphatic rings. The first-order valence-corrected chi connectivity index (χ1v) is 4.51. The lowest BCUT2D eigenvalue weighted by molar-refractivity contribution is 0.259. The van der Waals surface area contributed by atoms with Crippen molar-refractivity contribution in [3.63, 3.8) is 0 Å². The Morgan fingerprint density at radius 1 is 1.54 bits per heavy atom. The Morgan fingerprint density at radius 2 is 2.31 bits per heavy atom. The van der Waals surface area contributed by atoms with Crippen molar-refractivity contribution in [1.29, 1.82) is 5.26 Å². The monoisotopic (exact) mass is 172 g/mol. The summed E-state index contributed by atoms with van der Waals surface area (Å²) in [6, 6.07) is 11.0. The first kappa shape index (κ1) is 8.28. The van der Waals surface area contributed by atoms with E-state index in [4.69, 9.17) is 5.26 Å². The van der Waals surface area contributed by atoms with Gasteiger partial charge in [-0.15, -0.1) is 0 Å². The summed E-state index contributed by atoms with van der Waals surface area (Å²) in [7, 11) is 0. The van der Waals surface area contributed by atoms with Gasteiger partial charge in [-0.3, -0.25) is 4.90 Å². The van der Waals surface area contributed by atoms with Crippen molar-refractivity contribution in [3.8, 4) is 6.07 Å². The largest absolute Gasteiger partial charge is 0.279 e. The first-order valence-electron chi connectivity index (χ1n) is 4.51. The standard InChI is InChI=1S/C11H12N2/c1-9-11-5-3-2-4-10(11)8-13(9)7-6-12/h2-5,9H,7-8H2,1H3. The molecule has 13 heavy (non-hydrogen) atoms. The van der Waals surface area contributed by atoms with E-state index in [2.05, 4.69) is 42.2 Å². The molecule has 0 fully saturated rings. The maximum atomic E-state index is 8.63. The average molecular weight is 172 g/mol. The Bertz CT molecular complexity index is 351. The lowest BCUT2D eigenvalue weighted by Gasteiger charge is -2.17. The summed E-state index contributed by atoms with van der Waals surface area (Å²) in [5, 5.41) is 8.63. The van der Waals surface area contributed by atoms with Gasteiger partial charge in [-0.1, -0.05) is 24.3 Å². The predicted molar refractivity (Wildman–Crippen MR) is 50.9 cm³/mol. The normalized spacial score (nSPS) is 21.1. The molecule has 2 nitrogen and oxygen atoms in total. The van der Waals surface area contributed by atoms with Gasteiger partial charge in [0.2, 0.25) is 0 Å². The minimum absolute atomic E-state index is 0.399. The molecule has 0 saturated carbocycles. The van der Waals surface area contributed by atoms with Crippen molar-refractivity contribution in [1.82, 2.24) is 4.90 Å². The molecule has 2 rings (SSSR count). The van der Waals surface area contributed by atoms with Crippen LogP contribution in [0.3, 0.4) is 0 Å². The predicted octanol–water partition coefficient (Wildman–Crippen LogP) is 2.09. The molecule has 0 radical (unpaired) electrons. The highest BCUT2D eigenvalue weighted by Gasteiger charge is 2.25. The molecule has 0 saturated heterocycles. The van der Waals surface area contributed by atoms with Crippen LogP contribution in [-0.4, -0.2) is 11.4 Å². The van der Waals surface area contributed by atoms with Gasteiger partial charge in [0.05, 0.1) is 12.6 Å². The Labute approximate surface area is 78.4 Å². The van der Waals surface area contributed by atoms with Crippen molar-refractivity contribution in [2.45, 2.75) is 19.5 Å². The van der Waals surface area contributed by atoms with Crippen LogP contribution < -0.4 is 0 Å². The molecule has 1 aromatic rings. The number of nitrogens with zero attached hydrogens (tertiary/aromatic N) is 2. The molecule has 0 spiro atoms. The second kappa shape index (κ2) is 3.20. The van der Waals surface area contributed by atoms with Gasteiger partial charge in [0.1, 0.15) is 0 Å². The molecule has 1 aliphatic heterocycles. The second-order valence-corrected chi connectivity index (χ2v) is 3.44. The molecule has 0 amide bonds. The molecule has 0 aromatic heterocycles. The summed E-state index contributed by atoms with van der Waals surface area (Å²) in [4.78, 5) is 2.19. The summed E-state index contributed by atoms with van der Waals surface area (Å²) in [6.45, 7) is 3.60. The molecule has 1 heterocycles. The van der Waals surface area contributed by atoms with E-state index in [0.717, 1.165) is 6.54 Å². The third-order valence-corrected chi connectivity index (χ3v) is 2.70. The second-order valence-electron chi connectivity index (χ2n) is 3.44. The summed E-state index contributed by atoms with van der Waals surface area (Å²) < 4.78 is 0. The van der Waals surface area contributed by atoms with Gasteiger partial charge in [-0.25, -0.2) is 0 Å². The highest BCUT2D eigenvalue weighted by molar-refractivity contribution is 5.33. The van der Waals surface area contributed by atoms with E-state index in [9.17, 15) is 0 Å². The highest BCUT2D eigenvalue weighted by atomic mass is 15.2. The summed E-state index contributed by atoms with van der Waals surface area (Å²) in [5.74, 6) is 0. The number of rotatable bonds is 1. The van der Waals surface area contributed by atoms with Crippen molar-refractivity contribution in [2.24, 2.45) is 0 Å². The molecule has 0 bridgehead atoms. The highest BCUT2D eigenvalue weighted by Crippen LogP contribution is 2.32. The van der Waals surface area contributed by atoms with Crippen LogP contribution in [0.2, 0.25) is 0 Å². The topological polar surface area (TPSA) is 27.0 Å². The van der Waals surface area contributed by atoms with Crippen LogP contribution in [0.1, 0.15) is 24.1 Å². The quantitative estimate of drug-likeness (QED) is 0.606. The zero-order valence-electron chi connectivity index (χ0n) is 7.70. The van der Waals surface area contributed by atoms with Crippen LogP contribution >= 0.6 is 0 Å². The summed E-state index contributed by atoms with van der Waals surface area (Å²) in [5.41, 5.74) is 2.74. The lowest BCUT2D eigenvalue weighted by Crippen LogP contribution is -2.19. The smallest absolute Gasteiger partial charge is 0.0873 e. The molecule has 2 heteroatoms. The van der Waals surface area contributed by atoms with Crippen LogP contribution in [0.5, 0.6) is 0 Å². The fraction of sp³-hybridized carbons (Fsp3) is 0.364. The number of hydrogen-bond acceptors (Lipinski definition) is 2. The Balaban J connectivity index is 2.28. The van der Waals surface area contributed by atoms with E-state index in [1.165, 1.54) is 11.1 Å². The minimum Gasteiger partial charge on any atom is -0.279 e. The molecule has 1 aromatic carbocycles. The molecular formula is C11H12N2. The Hall–Kier alpha value is -1.33. The van der Waals surface area contributed by atoms with E-state index in [1.54, 1.807) is 0 Å². The Morgan fingerprint density at radius 3 is 3.00 bits per heavy atom. The maximum Gasteiger partial charge on any atom is 0.0873 e. The van der Waals surface area contributed by atoms with Crippen molar-refractivity contribution in [2.75, 3.05) is 6.54 Å². The van der Waals surface area contributed by atoms with Gasteiger partial charge >= 0.3 is 0 Å². The lowest BCUT2D eigenvalue weighted by atomic mass is 10.1. The summed E-state index contributed by atoms with van der Waals surface area (Å²) >= 11 is 0. The van der Waals surface area contributed by atoms with Gasteiger partial charge in [0, 0.05) is 12.6 Å². The van der Waals surface area contributed by atoms with Crippen LogP contribution in [-0.2, 0) is 6.54 Å². The average Bonchev–Trinajstić information content (AvgIpc) is 2.46. The fourth-order valence-electron chi connectivity index (χ4n) is 1.92. The van der Waals surface area contributed by atoms with Crippen molar-refractivity contribution < 1.29 is 0 Å².